The zero-order chi connectivity index (χ0) is 26.7. The summed E-state index contributed by atoms with van der Waals surface area (Å²) < 4.78 is 32.9. The summed E-state index contributed by atoms with van der Waals surface area (Å²) in [6.07, 6.45) is 1.52. The molecule has 36 heavy (non-hydrogen) atoms. The smallest absolute Gasteiger partial charge is 0.258 e. The van der Waals surface area contributed by atoms with Crippen LogP contribution in [0.25, 0.3) is 0 Å². The molecule has 0 fully saturated rings. The molecular formula is C25H33Cl2N3O5S. The molecule has 0 aromatic heterocycles. The van der Waals surface area contributed by atoms with Crippen LogP contribution in [0.4, 0.5) is 0 Å². The number of amides is 2. The van der Waals surface area contributed by atoms with Gasteiger partial charge in [0, 0.05) is 18.1 Å². The van der Waals surface area contributed by atoms with Gasteiger partial charge in [-0.15, -0.1) is 0 Å². The highest BCUT2D eigenvalue weighted by atomic mass is 35.5. The summed E-state index contributed by atoms with van der Waals surface area (Å²) in [5.41, 5.74) is 0.917. The highest BCUT2D eigenvalue weighted by molar-refractivity contribution is 7.89. The molecule has 1 atom stereocenters. The molecule has 0 aliphatic carbocycles. The van der Waals surface area contributed by atoms with E-state index in [0.29, 0.717) is 36.6 Å². The van der Waals surface area contributed by atoms with Gasteiger partial charge in [-0.1, -0.05) is 55.2 Å². The van der Waals surface area contributed by atoms with Crippen molar-refractivity contribution in [3.8, 4) is 5.75 Å². The second-order valence-corrected chi connectivity index (χ2v) is 11.4. The van der Waals surface area contributed by atoms with Crippen molar-refractivity contribution in [3.63, 3.8) is 0 Å². The van der Waals surface area contributed by atoms with Crippen LogP contribution in [0.2, 0.25) is 10.0 Å². The lowest BCUT2D eigenvalue weighted by molar-refractivity contribution is -0.130. The topological polar surface area (TPSA) is 114 Å². The number of carbonyl (C=O) groups excluding carboxylic acids is 2. The summed E-state index contributed by atoms with van der Waals surface area (Å²) in [7, 11) is -3.77. The Kier molecular flexibility index (Phi) is 12.0. The monoisotopic (exact) mass is 557 g/mol. The van der Waals surface area contributed by atoms with E-state index in [9.17, 15) is 18.0 Å². The molecule has 0 bridgehead atoms. The minimum absolute atomic E-state index is 0.0412. The van der Waals surface area contributed by atoms with E-state index in [1.807, 2.05) is 39.0 Å². The Balaban J connectivity index is 1.76. The van der Waals surface area contributed by atoms with Crippen molar-refractivity contribution in [2.45, 2.75) is 51.0 Å². The van der Waals surface area contributed by atoms with E-state index in [1.54, 1.807) is 6.07 Å². The molecule has 0 unspecified atom stereocenters. The van der Waals surface area contributed by atoms with E-state index in [-0.39, 0.29) is 40.8 Å². The number of aryl methyl sites for hydroxylation is 1. The van der Waals surface area contributed by atoms with E-state index in [1.165, 1.54) is 18.2 Å². The Bertz CT molecular complexity index is 1140. The summed E-state index contributed by atoms with van der Waals surface area (Å²) in [5.74, 6) is 0.134. The molecule has 2 aromatic carbocycles. The number of rotatable bonds is 14. The molecule has 0 heterocycles. The molecule has 0 spiro atoms. The first-order valence-corrected chi connectivity index (χ1v) is 13.9. The lowest BCUT2D eigenvalue weighted by Crippen LogP contribution is -2.48. The van der Waals surface area contributed by atoms with Crippen LogP contribution >= 0.6 is 23.2 Å². The van der Waals surface area contributed by atoms with Gasteiger partial charge in [-0.25, -0.2) is 13.1 Å². The van der Waals surface area contributed by atoms with Crippen LogP contribution in [0.1, 0.15) is 38.7 Å². The number of hydrogen-bond donors (Lipinski definition) is 3. The SMILES string of the molecule is Cc1ccccc1OCC(=O)N[C@@H](CC(C)C)C(=O)NCCCCNS(=O)(=O)c1ccc(Cl)cc1Cl. The van der Waals surface area contributed by atoms with E-state index < -0.39 is 16.1 Å². The molecule has 0 saturated heterocycles. The lowest BCUT2D eigenvalue weighted by atomic mass is 10.0. The molecule has 0 saturated carbocycles. The van der Waals surface area contributed by atoms with Crippen LogP contribution in [0.3, 0.4) is 0 Å². The van der Waals surface area contributed by atoms with Crippen molar-refractivity contribution in [3.05, 3.63) is 58.1 Å². The third-order valence-corrected chi connectivity index (χ3v) is 7.37. The molecule has 198 valence electrons. The van der Waals surface area contributed by atoms with E-state index >= 15 is 0 Å². The minimum Gasteiger partial charge on any atom is -0.484 e. The van der Waals surface area contributed by atoms with Crippen LogP contribution in [-0.4, -0.2) is 46.0 Å². The number of hydrogen-bond acceptors (Lipinski definition) is 5. The lowest BCUT2D eigenvalue weighted by Gasteiger charge is -2.20. The quantitative estimate of drug-likeness (QED) is 0.303. The number of ether oxygens (including phenoxy) is 1. The Labute approximate surface area is 223 Å². The zero-order valence-electron chi connectivity index (χ0n) is 20.6. The van der Waals surface area contributed by atoms with Gasteiger partial charge >= 0.3 is 0 Å². The van der Waals surface area contributed by atoms with Gasteiger partial charge < -0.3 is 15.4 Å². The van der Waals surface area contributed by atoms with Gasteiger partial charge in [-0.2, -0.15) is 0 Å². The second-order valence-electron chi connectivity index (χ2n) is 8.77. The first-order valence-electron chi connectivity index (χ1n) is 11.7. The molecule has 3 N–H and O–H groups in total. The summed E-state index contributed by atoms with van der Waals surface area (Å²) in [6, 6.07) is 10.9. The molecule has 0 aliphatic heterocycles. The van der Waals surface area contributed by atoms with Crippen LogP contribution in [0, 0.1) is 12.8 Å². The zero-order valence-corrected chi connectivity index (χ0v) is 23.0. The highest BCUT2D eigenvalue weighted by Crippen LogP contribution is 2.24. The van der Waals surface area contributed by atoms with E-state index in [4.69, 9.17) is 27.9 Å². The number of unbranched alkanes of at least 4 members (excludes halogenated alkanes) is 1. The third-order valence-electron chi connectivity index (χ3n) is 5.19. The number of benzene rings is 2. The molecule has 2 amide bonds. The average molecular weight is 559 g/mol. The molecule has 0 radical (unpaired) electrons. The van der Waals surface area contributed by atoms with Crippen molar-refractivity contribution in [1.82, 2.24) is 15.4 Å². The largest absolute Gasteiger partial charge is 0.484 e. The first kappa shape index (κ1) is 29.9. The molecule has 2 rings (SSSR count). The minimum atomic E-state index is -3.77. The second kappa shape index (κ2) is 14.4. The van der Waals surface area contributed by atoms with Gasteiger partial charge in [0.15, 0.2) is 6.61 Å². The number of nitrogens with one attached hydrogen (secondary N) is 3. The fourth-order valence-electron chi connectivity index (χ4n) is 3.36. The van der Waals surface area contributed by atoms with Gasteiger partial charge in [0.2, 0.25) is 15.9 Å². The van der Waals surface area contributed by atoms with Gasteiger partial charge in [0.05, 0.1) is 5.02 Å². The Hall–Kier alpha value is -2.33. The summed E-state index contributed by atoms with van der Waals surface area (Å²) in [5, 5.41) is 5.96. The van der Waals surface area contributed by atoms with Crippen LogP contribution in [0.5, 0.6) is 5.75 Å². The van der Waals surface area contributed by atoms with Crippen molar-refractivity contribution in [2.24, 2.45) is 5.92 Å². The van der Waals surface area contributed by atoms with Gasteiger partial charge in [-0.3, -0.25) is 9.59 Å². The number of halogens is 2. The van der Waals surface area contributed by atoms with Gasteiger partial charge in [-0.05, 0) is 61.9 Å². The van der Waals surface area contributed by atoms with Crippen molar-refractivity contribution < 1.29 is 22.7 Å². The maximum absolute atomic E-state index is 12.7. The molecule has 11 heteroatoms. The maximum atomic E-state index is 12.7. The molecule has 8 nitrogen and oxygen atoms in total. The first-order chi connectivity index (χ1) is 17.0. The van der Waals surface area contributed by atoms with Crippen molar-refractivity contribution in [2.75, 3.05) is 19.7 Å². The molecule has 0 aliphatic rings. The molecule has 2 aromatic rings. The highest BCUT2D eigenvalue weighted by Gasteiger charge is 2.22. The summed E-state index contributed by atoms with van der Waals surface area (Å²) in [6.45, 7) is 6.15. The average Bonchev–Trinajstić information content (AvgIpc) is 2.79. The fourth-order valence-corrected chi connectivity index (χ4v) is 5.21. The Morgan fingerprint density at radius 1 is 1.03 bits per heavy atom. The standard InChI is InChI=1S/C25H33Cl2N3O5S/c1-17(2)14-21(30-24(31)16-35-22-9-5-4-8-18(22)3)25(32)28-12-6-7-13-29-36(33,34)23-11-10-19(26)15-20(23)27/h4-5,8-11,15,17,21,29H,6-7,12-14,16H2,1-3H3,(H,28,32)(H,30,31)/t21-/m0/s1. The fraction of sp³-hybridized carbons (Fsp3) is 0.440. The van der Waals surface area contributed by atoms with Gasteiger partial charge in [0.1, 0.15) is 16.7 Å². The Morgan fingerprint density at radius 3 is 2.39 bits per heavy atom. The van der Waals surface area contributed by atoms with Crippen LogP contribution in [0.15, 0.2) is 47.4 Å². The predicted octanol–water partition coefficient (Wildman–Crippen LogP) is 4.09. The number of carbonyl (C=O) groups is 2. The predicted molar refractivity (Wildman–Crippen MR) is 142 cm³/mol. The van der Waals surface area contributed by atoms with Gasteiger partial charge in [0.25, 0.3) is 5.91 Å². The van der Waals surface area contributed by atoms with Crippen LogP contribution in [-0.2, 0) is 19.6 Å². The summed E-state index contributed by atoms with van der Waals surface area (Å²) in [4.78, 5) is 25.0. The normalized spacial score (nSPS) is 12.3. The summed E-state index contributed by atoms with van der Waals surface area (Å²) >= 11 is 11.8. The van der Waals surface area contributed by atoms with Crippen LogP contribution < -0.4 is 20.1 Å². The van der Waals surface area contributed by atoms with E-state index in [2.05, 4.69) is 15.4 Å². The third kappa shape index (κ3) is 9.97. The Morgan fingerprint density at radius 2 is 1.72 bits per heavy atom. The van der Waals surface area contributed by atoms with Crippen molar-refractivity contribution in [1.29, 1.82) is 0 Å². The maximum Gasteiger partial charge on any atom is 0.258 e. The van der Waals surface area contributed by atoms with Crippen molar-refractivity contribution >= 4 is 45.0 Å². The number of para-hydroxylation sites is 1. The molecular weight excluding hydrogens is 525 g/mol. The van der Waals surface area contributed by atoms with E-state index in [0.717, 1.165) is 5.56 Å². The number of sulfonamides is 1.